The van der Waals surface area contributed by atoms with Crippen LogP contribution >= 0.6 is 0 Å². The van der Waals surface area contributed by atoms with Gasteiger partial charge in [0, 0.05) is 11.6 Å². The number of amides is 1. The van der Waals surface area contributed by atoms with Gasteiger partial charge in [-0.3, -0.25) is 4.79 Å². The number of carboxylic acids is 1. The first-order chi connectivity index (χ1) is 10.6. The lowest BCUT2D eigenvalue weighted by molar-refractivity contribution is -0.145. The molecular weight excluding hydrogens is 286 g/mol. The Labute approximate surface area is 126 Å². The van der Waals surface area contributed by atoms with Crippen molar-refractivity contribution in [2.75, 3.05) is 11.9 Å². The average Bonchev–Trinajstić information content (AvgIpc) is 2.52. The second-order valence-corrected chi connectivity index (χ2v) is 4.74. The van der Waals surface area contributed by atoms with Crippen molar-refractivity contribution in [3.05, 3.63) is 54.1 Å². The molecule has 3 rings (SSSR count). The number of rotatable bonds is 4. The quantitative estimate of drug-likeness (QED) is 0.904. The molecule has 1 aliphatic heterocycles. The van der Waals surface area contributed by atoms with Crippen molar-refractivity contribution >= 4 is 17.6 Å². The molecule has 2 aromatic rings. The lowest BCUT2D eigenvalue weighted by atomic mass is 10.1. The minimum absolute atomic E-state index is 0.0328. The van der Waals surface area contributed by atoms with Gasteiger partial charge in [-0.1, -0.05) is 30.3 Å². The summed E-state index contributed by atoms with van der Waals surface area (Å²) >= 11 is 0. The second-order valence-electron chi connectivity index (χ2n) is 4.74. The Morgan fingerprint density at radius 2 is 2.00 bits per heavy atom. The molecule has 2 N–H and O–H groups in total. The zero-order valence-electron chi connectivity index (χ0n) is 11.5. The Balaban J connectivity index is 1.86. The fraction of sp³-hybridized carbons (Fsp3) is 0.125. The van der Waals surface area contributed by atoms with E-state index in [1.165, 1.54) is 0 Å². The van der Waals surface area contributed by atoms with E-state index < -0.39 is 12.1 Å². The van der Waals surface area contributed by atoms with Crippen molar-refractivity contribution in [3.63, 3.8) is 0 Å². The number of anilines is 1. The summed E-state index contributed by atoms with van der Waals surface area (Å²) < 4.78 is 10.8. The third kappa shape index (κ3) is 2.85. The summed E-state index contributed by atoms with van der Waals surface area (Å²) in [6.07, 6.45) is -1.13. The van der Waals surface area contributed by atoms with Gasteiger partial charge in [-0.25, -0.2) is 4.79 Å². The van der Waals surface area contributed by atoms with Crippen molar-refractivity contribution in [3.8, 4) is 11.5 Å². The van der Waals surface area contributed by atoms with Crippen LogP contribution in [0.5, 0.6) is 11.5 Å². The fourth-order valence-electron chi connectivity index (χ4n) is 2.16. The van der Waals surface area contributed by atoms with Crippen LogP contribution in [-0.2, 0) is 9.59 Å². The summed E-state index contributed by atoms with van der Waals surface area (Å²) in [5.41, 5.74) is 0.999. The summed E-state index contributed by atoms with van der Waals surface area (Å²) in [6, 6.07) is 13.4. The summed E-state index contributed by atoms with van der Waals surface area (Å²) in [5, 5.41) is 12.0. The first-order valence-corrected chi connectivity index (χ1v) is 6.64. The predicted molar refractivity (Wildman–Crippen MR) is 78.0 cm³/mol. The van der Waals surface area contributed by atoms with Crippen molar-refractivity contribution in [2.24, 2.45) is 0 Å². The molecule has 1 aliphatic rings. The van der Waals surface area contributed by atoms with E-state index in [-0.39, 0.29) is 12.5 Å². The number of benzene rings is 2. The highest BCUT2D eigenvalue weighted by Gasteiger charge is 2.23. The number of carboxylic acid groups (broad SMARTS) is 1. The zero-order valence-corrected chi connectivity index (χ0v) is 11.5. The van der Waals surface area contributed by atoms with Gasteiger partial charge in [-0.2, -0.15) is 0 Å². The number of carbonyl (C=O) groups excluding carboxylic acids is 1. The molecule has 1 amide bonds. The van der Waals surface area contributed by atoms with Gasteiger partial charge in [0.25, 0.3) is 5.91 Å². The minimum atomic E-state index is -1.13. The van der Waals surface area contributed by atoms with E-state index in [1.54, 1.807) is 48.5 Å². The largest absolute Gasteiger partial charge is 0.482 e. The number of hydrogen-bond donors (Lipinski definition) is 2. The third-order valence-corrected chi connectivity index (χ3v) is 3.16. The van der Waals surface area contributed by atoms with Crippen LogP contribution in [0.2, 0.25) is 0 Å². The topological polar surface area (TPSA) is 84.9 Å². The normalized spacial score (nSPS) is 14.3. The van der Waals surface area contributed by atoms with Gasteiger partial charge in [0.1, 0.15) is 11.5 Å². The number of carbonyl (C=O) groups is 2. The Hall–Kier alpha value is -3.02. The van der Waals surface area contributed by atoms with Crippen molar-refractivity contribution in [1.82, 2.24) is 0 Å². The molecule has 112 valence electrons. The maximum Gasteiger partial charge on any atom is 0.349 e. The number of hydrogen-bond acceptors (Lipinski definition) is 4. The molecule has 1 heterocycles. The molecule has 2 aromatic carbocycles. The number of fused-ring (bicyclic) bond motifs is 1. The first kappa shape index (κ1) is 13.9. The zero-order chi connectivity index (χ0) is 15.5. The van der Waals surface area contributed by atoms with Crippen molar-refractivity contribution < 1.29 is 24.2 Å². The first-order valence-electron chi connectivity index (χ1n) is 6.64. The smallest absolute Gasteiger partial charge is 0.349 e. The maximum absolute atomic E-state index is 11.4. The summed E-state index contributed by atoms with van der Waals surface area (Å²) in [6.45, 7) is -0.0328. The van der Waals surface area contributed by atoms with Gasteiger partial charge in [0.05, 0.1) is 5.69 Å². The summed E-state index contributed by atoms with van der Waals surface area (Å²) in [5.74, 6) is -0.494. The molecule has 0 fully saturated rings. The highest BCUT2D eigenvalue weighted by atomic mass is 16.5. The molecule has 1 unspecified atom stereocenters. The van der Waals surface area contributed by atoms with E-state index in [0.29, 0.717) is 22.7 Å². The van der Waals surface area contributed by atoms with Crippen LogP contribution < -0.4 is 14.8 Å². The van der Waals surface area contributed by atoms with Crippen molar-refractivity contribution in [2.45, 2.75) is 6.10 Å². The molecule has 6 heteroatoms. The third-order valence-electron chi connectivity index (χ3n) is 3.16. The monoisotopic (exact) mass is 299 g/mol. The molecular formula is C16H13NO5. The molecule has 22 heavy (non-hydrogen) atoms. The number of aliphatic carboxylic acids is 1. The van der Waals surface area contributed by atoms with E-state index in [2.05, 4.69) is 5.32 Å². The SMILES string of the molecule is O=C1COc2ccc(OC(C(=O)O)c3ccccc3)cc2N1. The average molecular weight is 299 g/mol. The maximum atomic E-state index is 11.4. The van der Waals surface area contributed by atoms with Gasteiger partial charge < -0.3 is 19.9 Å². The molecule has 0 bridgehead atoms. The Morgan fingerprint density at radius 1 is 1.23 bits per heavy atom. The molecule has 1 atom stereocenters. The molecule has 0 aromatic heterocycles. The van der Waals surface area contributed by atoms with Gasteiger partial charge in [0.2, 0.25) is 6.10 Å². The molecule has 0 aliphatic carbocycles. The number of nitrogens with one attached hydrogen (secondary N) is 1. The minimum Gasteiger partial charge on any atom is -0.482 e. The molecule has 6 nitrogen and oxygen atoms in total. The molecule has 0 saturated carbocycles. The van der Waals surface area contributed by atoms with E-state index in [1.807, 2.05) is 0 Å². The van der Waals surface area contributed by atoms with Crippen molar-refractivity contribution in [1.29, 1.82) is 0 Å². The predicted octanol–water partition coefficient (Wildman–Crippen LogP) is 2.22. The van der Waals surface area contributed by atoms with Gasteiger partial charge in [-0.05, 0) is 12.1 Å². The van der Waals surface area contributed by atoms with Crippen LogP contribution in [0, 0.1) is 0 Å². The van der Waals surface area contributed by atoms with Crippen LogP contribution in [0.4, 0.5) is 5.69 Å². The standard InChI is InChI=1S/C16H13NO5/c18-14-9-21-13-7-6-11(8-12(13)17-14)22-15(16(19)20)10-4-2-1-3-5-10/h1-8,15H,9H2,(H,17,18)(H,19,20). The molecule has 0 radical (unpaired) electrons. The van der Waals surface area contributed by atoms with Gasteiger partial charge in [0.15, 0.2) is 6.61 Å². The van der Waals surface area contributed by atoms with Gasteiger partial charge in [-0.15, -0.1) is 0 Å². The van der Waals surface area contributed by atoms with Gasteiger partial charge >= 0.3 is 5.97 Å². The summed E-state index contributed by atoms with van der Waals surface area (Å²) in [4.78, 5) is 22.7. The Kier molecular flexibility index (Phi) is 3.65. The van der Waals surface area contributed by atoms with Crippen LogP contribution in [0.1, 0.15) is 11.7 Å². The van der Waals surface area contributed by atoms with E-state index in [0.717, 1.165) is 0 Å². The van der Waals surface area contributed by atoms with Crippen LogP contribution in [-0.4, -0.2) is 23.6 Å². The van der Waals surface area contributed by atoms with Crippen LogP contribution in [0.15, 0.2) is 48.5 Å². The van der Waals surface area contributed by atoms with E-state index in [9.17, 15) is 14.7 Å². The number of ether oxygens (including phenoxy) is 2. The van der Waals surface area contributed by atoms with Crippen LogP contribution in [0.25, 0.3) is 0 Å². The molecule has 0 saturated heterocycles. The summed E-state index contributed by atoms with van der Waals surface area (Å²) in [7, 11) is 0. The Bertz CT molecular complexity index is 714. The lowest BCUT2D eigenvalue weighted by Crippen LogP contribution is -2.25. The van der Waals surface area contributed by atoms with E-state index in [4.69, 9.17) is 9.47 Å². The van der Waals surface area contributed by atoms with E-state index >= 15 is 0 Å². The highest BCUT2D eigenvalue weighted by Crippen LogP contribution is 2.33. The fourth-order valence-corrected chi connectivity index (χ4v) is 2.16. The second kappa shape index (κ2) is 5.77. The highest BCUT2D eigenvalue weighted by molar-refractivity contribution is 5.95. The lowest BCUT2D eigenvalue weighted by Gasteiger charge is -2.20. The molecule has 0 spiro atoms. The Morgan fingerprint density at radius 3 is 2.73 bits per heavy atom. The van der Waals surface area contributed by atoms with Crippen LogP contribution in [0.3, 0.4) is 0 Å².